The zero-order chi connectivity index (χ0) is 14.7. The third kappa shape index (κ3) is 3.10. The lowest BCUT2D eigenvalue weighted by Crippen LogP contribution is -2.28. The Balaban J connectivity index is 2.19. The highest BCUT2D eigenvalue weighted by Crippen LogP contribution is 2.24. The summed E-state index contributed by atoms with van der Waals surface area (Å²) in [7, 11) is 0. The lowest BCUT2D eigenvalue weighted by molar-refractivity contribution is 0.0946. The molecule has 0 aliphatic heterocycles. The first-order valence-corrected chi connectivity index (χ1v) is 6.84. The van der Waals surface area contributed by atoms with Crippen molar-refractivity contribution in [3.05, 3.63) is 33.5 Å². The molecular formula is C15H19NO4. The monoisotopic (exact) mass is 277 g/mol. The average molecular weight is 277 g/mol. The standard InChI is InChI=1S/C15H19NO4/c1-9-6-12(17)14(19)13(18)7-11(9)15(20)16-8-10-4-2-3-5-10/h6-7,10H,2-5,8H2,1H3,(H,16,20)(H2,17,18,19). The minimum atomic E-state index is -0.733. The molecule has 0 atom stereocenters. The number of amides is 1. The van der Waals surface area contributed by atoms with Crippen molar-refractivity contribution in [1.29, 1.82) is 0 Å². The highest BCUT2D eigenvalue weighted by atomic mass is 16.3. The van der Waals surface area contributed by atoms with E-state index in [1.54, 1.807) is 6.92 Å². The second-order valence-electron chi connectivity index (χ2n) is 5.34. The molecule has 20 heavy (non-hydrogen) atoms. The molecule has 5 heteroatoms. The molecule has 2 rings (SSSR count). The summed E-state index contributed by atoms with van der Waals surface area (Å²) in [6.07, 6.45) is 4.65. The van der Waals surface area contributed by atoms with Crippen LogP contribution in [0.5, 0.6) is 11.5 Å². The first-order chi connectivity index (χ1) is 9.49. The van der Waals surface area contributed by atoms with Crippen molar-refractivity contribution in [2.75, 3.05) is 6.54 Å². The van der Waals surface area contributed by atoms with Crippen LogP contribution in [0.4, 0.5) is 0 Å². The van der Waals surface area contributed by atoms with Crippen LogP contribution in [0.3, 0.4) is 0 Å². The van der Waals surface area contributed by atoms with Gasteiger partial charge in [-0.05, 0) is 43.4 Å². The first-order valence-electron chi connectivity index (χ1n) is 6.84. The van der Waals surface area contributed by atoms with Crippen LogP contribution >= 0.6 is 0 Å². The number of nitrogens with one attached hydrogen (secondary N) is 1. The van der Waals surface area contributed by atoms with Gasteiger partial charge in [0.1, 0.15) is 0 Å². The Bertz CT molecular complexity index is 577. The van der Waals surface area contributed by atoms with Crippen LogP contribution in [0, 0.1) is 12.8 Å². The predicted molar refractivity (Wildman–Crippen MR) is 75.1 cm³/mol. The molecule has 0 heterocycles. The number of hydrogen-bond donors (Lipinski definition) is 3. The van der Waals surface area contributed by atoms with Crippen molar-refractivity contribution >= 4 is 5.91 Å². The van der Waals surface area contributed by atoms with E-state index in [0.717, 1.165) is 25.0 Å². The Labute approximate surface area is 117 Å². The molecule has 1 aliphatic rings. The Kier molecular flexibility index (Phi) is 4.27. The van der Waals surface area contributed by atoms with Gasteiger partial charge in [-0.2, -0.15) is 0 Å². The zero-order valence-corrected chi connectivity index (χ0v) is 11.5. The zero-order valence-electron chi connectivity index (χ0n) is 11.5. The van der Waals surface area contributed by atoms with Gasteiger partial charge in [0.15, 0.2) is 5.75 Å². The van der Waals surface area contributed by atoms with Crippen LogP contribution in [-0.4, -0.2) is 22.7 Å². The SMILES string of the molecule is Cc1cc(=O)c(O)c(O)cc1C(=O)NCC1CCCC1. The highest BCUT2D eigenvalue weighted by molar-refractivity contribution is 5.96. The van der Waals surface area contributed by atoms with Gasteiger partial charge in [0.25, 0.3) is 5.91 Å². The van der Waals surface area contributed by atoms with E-state index >= 15 is 0 Å². The lowest BCUT2D eigenvalue weighted by Gasteiger charge is -2.11. The van der Waals surface area contributed by atoms with E-state index < -0.39 is 16.9 Å². The molecule has 0 spiro atoms. The van der Waals surface area contributed by atoms with Gasteiger partial charge in [0.05, 0.1) is 0 Å². The second kappa shape index (κ2) is 5.94. The number of aryl methyl sites for hydroxylation is 1. The summed E-state index contributed by atoms with van der Waals surface area (Å²) in [5.41, 5.74) is -0.0674. The summed E-state index contributed by atoms with van der Waals surface area (Å²) in [6, 6.07) is 2.29. The largest absolute Gasteiger partial charge is 0.504 e. The Morgan fingerprint density at radius 1 is 1.30 bits per heavy atom. The number of rotatable bonds is 3. The molecule has 1 amide bonds. The number of aromatic hydroxyl groups is 2. The van der Waals surface area contributed by atoms with Gasteiger partial charge in [-0.15, -0.1) is 0 Å². The van der Waals surface area contributed by atoms with E-state index in [-0.39, 0.29) is 11.5 Å². The summed E-state index contributed by atoms with van der Waals surface area (Å²) in [5.74, 6) is -1.13. The van der Waals surface area contributed by atoms with Gasteiger partial charge in [0, 0.05) is 12.1 Å². The van der Waals surface area contributed by atoms with Gasteiger partial charge in [0.2, 0.25) is 11.2 Å². The second-order valence-corrected chi connectivity index (χ2v) is 5.34. The molecule has 0 unspecified atom stereocenters. The van der Waals surface area contributed by atoms with E-state index in [9.17, 15) is 19.8 Å². The van der Waals surface area contributed by atoms with Crippen molar-refractivity contribution in [1.82, 2.24) is 5.32 Å². The molecule has 1 aromatic rings. The quantitative estimate of drug-likeness (QED) is 0.784. The van der Waals surface area contributed by atoms with Crippen molar-refractivity contribution in [2.45, 2.75) is 32.6 Å². The minimum Gasteiger partial charge on any atom is -0.504 e. The van der Waals surface area contributed by atoms with E-state index in [0.29, 0.717) is 18.0 Å². The molecular weight excluding hydrogens is 258 g/mol. The van der Waals surface area contributed by atoms with Crippen LogP contribution in [0.25, 0.3) is 0 Å². The third-order valence-corrected chi connectivity index (χ3v) is 3.80. The van der Waals surface area contributed by atoms with Crippen LogP contribution in [0.2, 0.25) is 0 Å². The Morgan fingerprint density at radius 3 is 2.60 bits per heavy atom. The molecule has 108 valence electrons. The van der Waals surface area contributed by atoms with Crippen molar-refractivity contribution in [3.8, 4) is 11.5 Å². The van der Waals surface area contributed by atoms with E-state index in [1.165, 1.54) is 12.8 Å². The predicted octanol–water partition coefficient (Wildman–Crippen LogP) is 1.69. The maximum Gasteiger partial charge on any atom is 0.251 e. The van der Waals surface area contributed by atoms with Crippen molar-refractivity contribution in [2.24, 2.45) is 5.92 Å². The molecule has 1 fully saturated rings. The Morgan fingerprint density at radius 2 is 1.95 bits per heavy atom. The van der Waals surface area contributed by atoms with E-state index in [4.69, 9.17) is 0 Å². The molecule has 5 nitrogen and oxygen atoms in total. The fourth-order valence-corrected chi connectivity index (χ4v) is 2.58. The Hall–Kier alpha value is -2.04. The van der Waals surface area contributed by atoms with Crippen LogP contribution < -0.4 is 10.7 Å². The van der Waals surface area contributed by atoms with Gasteiger partial charge >= 0.3 is 0 Å². The number of hydrogen-bond acceptors (Lipinski definition) is 4. The lowest BCUT2D eigenvalue weighted by atomic mass is 10.1. The smallest absolute Gasteiger partial charge is 0.251 e. The normalized spacial score (nSPS) is 15.2. The van der Waals surface area contributed by atoms with Crippen molar-refractivity contribution < 1.29 is 15.0 Å². The third-order valence-electron chi connectivity index (χ3n) is 3.80. The molecule has 1 saturated carbocycles. The van der Waals surface area contributed by atoms with Gasteiger partial charge in [-0.25, -0.2) is 0 Å². The van der Waals surface area contributed by atoms with Gasteiger partial charge < -0.3 is 15.5 Å². The summed E-state index contributed by atoms with van der Waals surface area (Å²) in [5, 5.41) is 21.8. The van der Waals surface area contributed by atoms with Crippen molar-refractivity contribution in [3.63, 3.8) is 0 Å². The maximum absolute atomic E-state index is 12.1. The van der Waals surface area contributed by atoms with Crippen LogP contribution in [-0.2, 0) is 0 Å². The molecule has 1 aromatic carbocycles. The molecule has 1 aliphatic carbocycles. The summed E-state index contributed by atoms with van der Waals surface area (Å²) in [6.45, 7) is 2.21. The minimum absolute atomic E-state index is 0.206. The fourth-order valence-electron chi connectivity index (χ4n) is 2.58. The molecule has 3 N–H and O–H groups in total. The summed E-state index contributed by atoms with van der Waals surface area (Å²) < 4.78 is 0. The van der Waals surface area contributed by atoms with Crippen LogP contribution in [0.1, 0.15) is 41.6 Å². The number of carbonyl (C=O) groups is 1. The highest BCUT2D eigenvalue weighted by Gasteiger charge is 2.17. The summed E-state index contributed by atoms with van der Waals surface area (Å²) in [4.78, 5) is 23.6. The molecule has 0 bridgehead atoms. The topological polar surface area (TPSA) is 86.6 Å². The van der Waals surface area contributed by atoms with Gasteiger partial charge in [-0.1, -0.05) is 12.8 Å². The molecule has 0 saturated heterocycles. The van der Waals surface area contributed by atoms with Gasteiger partial charge in [-0.3, -0.25) is 9.59 Å². The molecule has 0 aromatic heterocycles. The van der Waals surface area contributed by atoms with Crippen LogP contribution in [0.15, 0.2) is 16.9 Å². The maximum atomic E-state index is 12.1. The van der Waals surface area contributed by atoms with E-state index in [1.807, 2.05) is 0 Å². The average Bonchev–Trinajstić information content (AvgIpc) is 2.90. The fraction of sp³-hybridized carbons (Fsp3) is 0.467. The number of carbonyl (C=O) groups excluding carboxylic acids is 1. The molecule has 0 radical (unpaired) electrons. The first kappa shape index (κ1) is 14.4. The van der Waals surface area contributed by atoms with E-state index in [2.05, 4.69) is 5.32 Å². The summed E-state index contributed by atoms with van der Waals surface area (Å²) >= 11 is 0.